The van der Waals surface area contributed by atoms with Gasteiger partial charge in [0.25, 0.3) is 0 Å². The molecule has 0 bridgehead atoms. The molecule has 2 aliphatic rings. The van der Waals surface area contributed by atoms with E-state index in [2.05, 4.69) is 18.2 Å². The van der Waals surface area contributed by atoms with Gasteiger partial charge in [0, 0.05) is 36.8 Å². The molecule has 1 saturated heterocycles. The van der Waals surface area contributed by atoms with Crippen molar-refractivity contribution in [1.29, 1.82) is 0 Å². The number of halogens is 1. The van der Waals surface area contributed by atoms with Gasteiger partial charge in [-0.2, -0.15) is 0 Å². The molecule has 0 atom stereocenters. The fourth-order valence-corrected chi connectivity index (χ4v) is 4.17. The summed E-state index contributed by atoms with van der Waals surface area (Å²) in [6.45, 7) is 7.23. The topological polar surface area (TPSA) is 33.2 Å². The number of aryl methyl sites for hydroxylation is 2. The number of hydrogen-bond acceptors (Lipinski definition) is 2. The lowest BCUT2D eigenvalue weighted by atomic mass is 9.88. The Morgan fingerprint density at radius 3 is 2.44 bits per heavy atom. The van der Waals surface area contributed by atoms with E-state index in [1.807, 2.05) is 37.1 Å². The van der Waals surface area contributed by atoms with Crippen LogP contribution < -0.4 is 0 Å². The molecule has 0 radical (unpaired) electrons. The Hall–Kier alpha value is -2.13. The third kappa shape index (κ3) is 4.08. The molecule has 2 aromatic rings. The van der Waals surface area contributed by atoms with Crippen LogP contribution in [0.3, 0.4) is 0 Å². The van der Waals surface area contributed by atoms with Crippen LogP contribution >= 0.6 is 11.6 Å². The molecule has 1 aliphatic heterocycles. The number of carbonyl (C=O) groups is 1. The minimum atomic E-state index is 0.163. The average Bonchev–Trinajstić information content (AvgIpc) is 2.86. The number of benzene rings is 1. The predicted octanol–water partition coefficient (Wildman–Crippen LogP) is 5.30. The Balaban J connectivity index is 0.00000102. The van der Waals surface area contributed by atoms with Crippen molar-refractivity contribution in [3.63, 3.8) is 0 Å². The first-order valence-corrected chi connectivity index (χ1v) is 10.2. The van der Waals surface area contributed by atoms with E-state index >= 15 is 0 Å². The zero-order chi connectivity index (χ0) is 19.4. The fourth-order valence-electron chi connectivity index (χ4n) is 3.97. The van der Waals surface area contributed by atoms with E-state index < -0.39 is 0 Å². The molecule has 142 valence electrons. The average molecular weight is 383 g/mol. The van der Waals surface area contributed by atoms with Gasteiger partial charge in [-0.25, -0.2) is 0 Å². The molecule has 4 rings (SSSR count). The molecule has 1 amide bonds. The predicted molar refractivity (Wildman–Crippen MR) is 112 cm³/mol. The molecule has 27 heavy (non-hydrogen) atoms. The number of carbonyl (C=O) groups excluding carboxylic acids is 1. The monoisotopic (exact) mass is 382 g/mol. The molecule has 1 fully saturated rings. The molecular weight excluding hydrogens is 356 g/mol. The number of nitrogens with zero attached hydrogens (tertiary/aromatic N) is 2. The van der Waals surface area contributed by atoms with E-state index in [1.54, 1.807) is 6.92 Å². The highest BCUT2D eigenvalue weighted by molar-refractivity contribution is 6.30. The lowest BCUT2D eigenvalue weighted by molar-refractivity contribution is -0.129. The molecular formula is C23H27ClN2O. The summed E-state index contributed by atoms with van der Waals surface area (Å²) in [4.78, 5) is 18.3. The minimum absolute atomic E-state index is 0.163. The standard InChI is InChI=1S/C21H21ClN2O.C2H6/c1-14(25)24-11-8-15(9-12-24)20-19-7-6-18(22)13-17(19)5-4-16-3-2-10-23-21(16)20;1-2/h2-3,6-7,10,13H,4-5,8-9,11-12H2,1H3;1-2H3. The number of amides is 1. The van der Waals surface area contributed by atoms with Crippen LogP contribution in [0.25, 0.3) is 5.57 Å². The quantitative estimate of drug-likeness (QED) is 0.619. The summed E-state index contributed by atoms with van der Waals surface area (Å²) in [5, 5.41) is 0.786. The summed E-state index contributed by atoms with van der Waals surface area (Å²) in [6.07, 6.45) is 5.66. The summed E-state index contributed by atoms with van der Waals surface area (Å²) >= 11 is 6.25. The molecule has 0 saturated carbocycles. The number of likely N-dealkylation sites (tertiary alicyclic amines) is 1. The Morgan fingerprint density at radius 1 is 1.04 bits per heavy atom. The zero-order valence-electron chi connectivity index (χ0n) is 16.4. The highest BCUT2D eigenvalue weighted by Gasteiger charge is 2.25. The number of piperidine rings is 1. The van der Waals surface area contributed by atoms with Crippen LogP contribution in [0.2, 0.25) is 5.02 Å². The van der Waals surface area contributed by atoms with Crippen molar-refractivity contribution in [3.8, 4) is 0 Å². The zero-order valence-corrected chi connectivity index (χ0v) is 17.1. The normalized spacial score (nSPS) is 15.9. The van der Waals surface area contributed by atoms with E-state index in [1.165, 1.54) is 27.8 Å². The molecule has 1 aromatic heterocycles. The van der Waals surface area contributed by atoms with E-state index in [4.69, 9.17) is 16.6 Å². The SMILES string of the molecule is CC.CC(=O)N1CCC(=C2c3ccc(Cl)cc3CCc3cccnc32)CC1. The van der Waals surface area contributed by atoms with Crippen molar-refractivity contribution in [2.24, 2.45) is 0 Å². The Kier molecular flexibility index (Phi) is 6.33. The highest BCUT2D eigenvalue weighted by Crippen LogP contribution is 2.38. The van der Waals surface area contributed by atoms with Gasteiger partial charge < -0.3 is 4.90 Å². The molecule has 4 heteroatoms. The molecule has 0 spiro atoms. The summed E-state index contributed by atoms with van der Waals surface area (Å²) < 4.78 is 0. The van der Waals surface area contributed by atoms with Crippen LogP contribution in [0, 0.1) is 0 Å². The smallest absolute Gasteiger partial charge is 0.219 e. The van der Waals surface area contributed by atoms with E-state index in [-0.39, 0.29) is 5.91 Å². The number of aromatic nitrogens is 1. The Labute approximate surface area is 167 Å². The van der Waals surface area contributed by atoms with E-state index in [0.717, 1.165) is 49.5 Å². The van der Waals surface area contributed by atoms with Crippen molar-refractivity contribution < 1.29 is 4.79 Å². The van der Waals surface area contributed by atoms with Crippen molar-refractivity contribution in [2.75, 3.05) is 13.1 Å². The second kappa shape index (κ2) is 8.71. The van der Waals surface area contributed by atoms with E-state index in [9.17, 15) is 4.79 Å². The van der Waals surface area contributed by atoms with Crippen molar-refractivity contribution in [2.45, 2.75) is 46.5 Å². The van der Waals surface area contributed by atoms with E-state index in [0.29, 0.717) is 0 Å². The Morgan fingerprint density at radius 2 is 1.74 bits per heavy atom. The molecule has 1 aromatic carbocycles. The summed E-state index contributed by atoms with van der Waals surface area (Å²) in [5.41, 5.74) is 7.63. The van der Waals surface area contributed by atoms with Gasteiger partial charge in [-0.3, -0.25) is 9.78 Å². The fraction of sp³-hybridized carbons (Fsp3) is 0.391. The van der Waals surface area contributed by atoms with Gasteiger partial charge in [-0.1, -0.05) is 43.2 Å². The van der Waals surface area contributed by atoms with Crippen molar-refractivity contribution in [1.82, 2.24) is 9.88 Å². The maximum absolute atomic E-state index is 11.7. The maximum atomic E-state index is 11.7. The first-order valence-electron chi connectivity index (χ1n) is 9.84. The van der Waals surface area contributed by atoms with Gasteiger partial charge in [-0.15, -0.1) is 0 Å². The van der Waals surface area contributed by atoms with Crippen LogP contribution in [-0.2, 0) is 17.6 Å². The second-order valence-corrected chi connectivity index (χ2v) is 7.23. The molecule has 1 aliphatic carbocycles. The Bertz CT molecular complexity index is 862. The van der Waals surface area contributed by atoms with Crippen LogP contribution in [0.1, 0.15) is 56.0 Å². The van der Waals surface area contributed by atoms with Crippen LogP contribution in [0.5, 0.6) is 0 Å². The third-order valence-corrected chi connectivity index (χ3v) is 5.53. The second-order valence-electron chi connectivity index (χ2n) is 6.80. The first kappa shape index (κ1) is 19.6. The van der Waals surface area contributed by atoms with Crippen molar-refractivity contribution in [3.05, 3.63) is 69.5 Å². The number of fused-ring (bicyclic) bond motifs is 2. The van der Waals surface area contributed by atoms with Gasteiger partial charge in [0.15, 0.2) is 0 Å². The molecule has 3 nitrogen and oxygen atoms in total. The molecule has 0 unspecified atom stereocenters. The molecule has 2 heterocycles. The summed E-state index contributed by atoms with van der Waals surface area (Å²) in [5.74, 6) is 0.163. The van der Waals surface area contributed by atoms with Gasteiger partial charge in [0.2, 0.25) is 5.91 Å². The van der Waals surface area contributed by atoms with Gasteiger partial charge in [-0.05, 0) is 60.6 Å². The summed E-state index contributed by atoms with van der Waals surface area (Å²) in [6, 6.07) is 10.4. The maximum Gasteiger partial charge on any atom is 0.219 e. The summed E-state index contributed by atoms with van der Waals surface area (Å²) in [7, 11) is 0. The van der Waals surface area contributed by atoms with Gasteiger partial charge in [0.1, 0.15) is 0 Å². The number of rotatable bonds is 0. The number of hydrogen-bond donors (Lipinski definition) is 0. The number of pyridine rings is 1. The van der Waals surface area contributed by atoms with Crippen LogP contribution in [0.4, 0.5) is 0 Å². The third-order valence-electron chi connectivity index (χ3n) is 5.29. The van der Waals surface area contributed by atoms with Gasteiger partial charge >= 0.3 is 0 Å². The van der Waals surface area contributed by atoms with Gasteiger partial charge in [0.05, 0.1) is 5.69 Å². The van der Waals surface area contributed by atoms with Crippen LogP contribution in [0.15, 0.2) is 42.1 Å². The van der Waals surface area contributed by atoms with Crippen molar-refractivity contribution >= 4 is 23.1 Å². The first-order chi connectivity index (χ1) is 13.1. The molecule has 0 N–H and O–H groups in total. The lowest BCUT2D eigenvalue weighted by Gasteiger charge is -2.29. The van der Waals surface area contributed by atoms with Crippen LogP contribution in [-0.4, -0.2) is 28.9 Å². The lowest BCUT2D eigenvalue weighted by Crippen LogP contribution is -2.34. The largest absolute Gasteiger partial charge is 0.342 e. The minimum Gasteiger partial charge on any atom is -0.342 e. The highest BCUT2D eigenvalue weighted by atomic mass is 35.5.